The van der Waals surface area contributed by atoms with Gasteiger partial charge >= 0.3 is 0 Å². The summed E-state index contributed by atoms with van der Waals surface area (Å²) >= 11 is 6.04. The highest BCUT2D eigenvalue weighted by atomic mass is 35.5. The molecule has 1 heterocycles. The van der Waals surface area contributed by atoms with Crippen molar-refractivity contribution in [1.82, 2.24) is 4.90 Å². The van der Waals surface area contributed by atoms with Crippen LogP contribution in [0.1, 0.15) is 5.56 Å². The van der Waals surface area contributed by atoms with E-state index in [1.807, 2.05) is 24.3 Å². The molecule has 110 valence electrons. The van der Waals surface area contributed by atoms with Gasteiger partial charge in [0.25, 0.3) is 0 Å². The smallest absolute Gasteiger partial charge is 0.123 e. The molecule has 1 aliphatic rings. The fourth-order valence-electron chi connectivity index (χ4n) is 2.73. The van der Waals surface area contributed by atoms with Crippen LogP contribution in [-0.2, 0) is 6.54 Å². The number of hydrogen-bond donors (Lipinski definition) is 0. The Morgan fingerprint density at radius 3 is 2.43 bits per heavy atom. The maximum absolute atomic E-state index is 13.2. The quantitative estimate of drug-likeness (QED) is 0.851. The van der Waals surface area contributed by atoms with E-state index in [0.717, 1.165) is 43.3 Å². The predicted octanol–water partition coefficient (Wildman–Crippen LogP) is 3.80. The summed E-state index contributed by atoms with van der Waals surface area (Å²) in [5.74, 6) is -0.162. The van der Waals surface area contributed by atoms with E-state index in [2.05, 4.69) is 15.9 Å². The Balaban J connectivity index is 1.58. The Morgan fingerprint density at radius 2 is 1.71 bits per heavy atom. The van der Waals surface area contributed by atoms with E-state index < -0.39 is 0 Å². The van der Waals surface area contributed by atoms with Crippen molar-refractivity contribution in [3.63, 3.8) is 0 Å². The van der Waals surface area contributed by atoms with Gasteiger partial charge in [0.1, 0.15) is 5.82 Å². The molecule has 0 aliphatic carbocycles. The van der Waals surface area contributed by atoms with Crippen LogP contribution in [0.4, 0.5) is 10.1 Å². The van der Waals surface area contributed by atoms with E-state index in [1.54, 1.807) is 12.1 Å². The van der Waals surface area contributed by atoms with E-state index in [4.69, 9.17) is 11.6 Å². The van der Waals surface area contributed by atoms with Crippen LogP contribution in [-0.4, -0.2) is 31.1 Å². The molecular formula is C17H18ClFN2. The molecule has 21 heavy (non-hydrogen) atoms. The number of hydrogen-bond acceptors (Lipinski definition) is 2. The van der Waals surface area contributed by atoms with Gasteiger partial charge in [-0.25, -0.2) is 4.39 Å². The third-order valence-electron chi connectivity index (χ3n) is 3.84. The molecule has 2 aromatic rings. The van der Waals surface area contributed by atoms with E-state index in [1.165, 1.54) is 11.8 Å². The monoisotopic (exact) mass is 304 g/mol. The highest BCUT2D eigenvalue weighted by Crippen LogP contribution is 2.21. The maximum Gasteiger partial charge on any atom is 0.123 e. The van der Waals surface area contributed by atoms with Crippen LogP contribution in [0, 0.1) is 5.82 Å². The molecule has 0 amide bonds. The lowest BCUT2D eigenvalue weighted by Crippen LogP contribution is -2.45. The van der Waals surface area contributed by atoms with Crippen molar-refractivity contribution in [2.75, 3.05) is 31.1 Å². The molecule has 3 rings (SSSR count). The van der Waals surface area contributed by atoms with Crippen LogP contribution in [0.15, 0.2) is 48.5 Å². The zero-order valence-corrected chi connectivity index (χ0v) is 12.6. The molecule has 2 aromatic carbocycles. The summed E-state index contributed by atoms with van der Waals surface area (Å²) in [6, 6.07) is 14.8. The summed E-state index contributed by atoms with van der Waals surface area (Å²) in [5.41, 5.74) is 2.21. The minimum Gasteiger partial charge on any atom is -0.369 e. The molecule has 0 atom stereocenters. The number of benzene rings is 2. The second-order valence-electron chi connectivity index (χ2n) is 5.37. The number of rotatable bonds is 3. The molecule has 1 fully saturated rings. The fourth-order valence-corrected chi connectivity index (χ4v) is 2.92. The third kappa shape index (κ3) is 3.74. The first-order valence-electron chi connectivity index (χ1n) is 7.18. The molecule has 4 heteroatoms. The molecular weight excluding hydrogens is 287 g/mol. The van der Waals surface area contributed by atoms with Crippen LogP contribution < -0.4 is 4.90 Å². The van der Waals surface area contributed by atoms with E-state index in [9.17, 15) is 4.39 Å². The van der Waals surface area contributed by atoms with Crippen molar-refractivity contribution >= 4 is 17.3 Å². The lowest BCUT2D eigenvalue weighted by molar-refractivity contribution is 0.249. The average Bonchev–Trinajstić information content (AvgIpc) is 2.48. The normalized spacial score (nSPS) is 16.2. The zero-order valence-electron chi connectivity index (χ0n) is 11.8. The van der Waals surface area contributed by atoms with E-state index in [0.29, 0.717) is 0 Å². The second kappa shape index (κ2) is 6.46. The predicted molar refractivity (Wildman–Crippen MR) is 85.3 cm³/mol. The highest BCUT2D eigenvalue weighted by molar-refractivity contribution is 6.30. The van der Waals surface area contributed by atoms with Gasteiger partial charge in [-0.3, -0.25) is 4.90 Å². The Bertz CT molecular complexity index is 609. The van der Waals surface area contributed by atoms with E-state index in [-0.39, 0.29) is 5.82 Å². The largest absolute Gasteiger partial charge is 0.369 e. The first kappa shape index (κ1) is 14.4. The molecule has 1 saturated heterocycles. The molecule has 0 radical (unpaired) electrons. The van der Waals surface area contributed by atoms with Gasteiger partial charge < -0.3 is 4.90 Å². The zero-order chi connectivity index (χ0) is 14.7. The van der Waals surface area contributed by atoms with Crippen LogP contribution in [0.25, 0.3) is 0 Å². The summed E-state index contributed by atoms with van der Waals surface area (Å²) in [6.45, 7) is 4.69. The average molecular weight is 305 g/mol. The summed E-state index contributed by atoms with van der Waals surface area (Å²) in [4.78, 5) is 4.70. The molecule has 0 aromatic heterocycles. The molecule has 0 spiro atoms. The minimum absolute atomic E-state index is 0.162. The lowest BCUT2D eigenvalue weighted by Gasteiger charge is -2.36. The Morgan fingerprint density at radius 1 is 0.952 bits per heavy atom. The number of nitrogens with zero attached hydrogens (tertiary/aromatic N) is 2. The van der Waals surface area contributed by atoms with Gasteiger partial charge in [-0.05, 0) is 35.9 Å². The van der Waals surface area contributed by atoms with Crippen molar-refractivity contribution in [2.24, 2.45) is 0 Å². The fraction of sp³-hybridized carbons (Fsp3) is 0.294. The van der Waals surface area contributed by atoms with E-state index >= 15 is 0 Å². The molecule has 2 nitrogen and oxygen atoms in total. The van der Waals surface area contributed by atoms with Gasteiger partial charge in [0.05, 0.1) is 0 Å². The number of piperazine rings is 1. The van der Waals surface area contributed by atoms with Crippen molar-refractivity contribution in [3.05, 3.63) is 64.9 Å². The van der Waals surface area contributed by atoms with Crippen LogP contribution in [0.5, 0.6) is 0 Å². The van der Waals surface area contributed by atoms with Gasteiger partial charge in [-0.15, -0.1) is 0 Å². The first-order chi connectivity index (χ1) is 10.2. The van der Waals surface area contributed by atoms with Gasteiger partial charge in [0, 0.05) is 43.4 Å². The molecule has 0 N–H and O–H groups in total. The van der Waals surface area contributed by atoms with Crippen molar-refractivity contribution in [2.45, 2.75) is 6.54 Å². The minimum atomic E-state index is -0.162. The Labute approximate surface area is 129 Å². The highest BCUT2D eigenvalue weighted by Gasteiger charge is 2.17. The van der Waals surface area contributed by atoms with Gasteiger partial charge in [-0.1, -0.05) is 29.8 Å². The summed E-state index contributed by atoms with van der Waals surface area (Å²) in [5, 5.41) is 0.773. The molecule has 0 bridgehead atoms. The number of anilines is 1. The van der Waals surface area contributed by atoms with Crippen LogP contribution >= 0.6 is 11.6 Å². The molecule has 0 saturated carbocycles. The lowest BCUT2D eigenvalue weighted by atomic mass is 10.2. The maximum atomic E-state index is 13.2. The molecule has 0 unspecified atom stereocenters. The first-order valence-corrected chi connectivity index (χ1v) is 7.56. The van der Waals surface area contributed by atoms with Crippen molar-refractivity contribution in [3.8, 4) is 0 Å². The van der Waals surface area contributed by atoms with Gasteiger partial charge in [0.15, 0.2) is 0 Å². The number of halogens is 2. The summed E-state index contributed by atoms with van der Waals surface area (Å²) < 4.78 is 13.2. The van der Waals surface area contributed by atoms with Crippen LogP contribution in [0.3, 0.4) is 0 Å². The third-order valence-corrected chi connectivity index (χ3v) is 4.08. The topological polar surface area (TPSA) is 6.48 Å². The SMILES string of the molecule is Fc1cccc(CN2CCN(c3cccc(Cl)c3)CC2)c1. The van der Waals surface area contributed by atoms with Gasteiger partial charge in [0.2, 0.25) is 0 Å². The standard InChI is InChI=1S/C17H18ClFN2/c18-15-4-2-6-17(12-15)21-9-7-20(8-10-21)13-14-3-1-5-16(19)11-14/h1-6,11-12H,7-10,13H2. The van der Waals surface area contributed by atoms with Crippen molar-refractivity contribution < 1.29 is 4.39 Å². The van der Waals surface area contributed by atoms with Crippen LogP contribution in [0.2, 0.25) is 5.02 Å². The Hall–Kier alpha value is -1.58. The second-order valence-corrected chi connectivity index (χ2v) is 5.81. The summed E-state index contributed by atoms with van der Waals surface area (Å²) in [7, 11) is 0. The Kier molecular flexibility index (Phi) is 4.42. The van der Waals surface area contributed by atoms with Crippen molar-refractivity contribution in [1.29, 1.82) is 0 Å². The summed E-state index contributed by atoms with van der Waals surface area (Å²) in [6.07, 6.45) is 0. The van der Waals surface area contributed by atoms with Gasteiger partial charge in [-0.2, -0.15) is 0 Å². The molecule has 1 aliphatic heterocycles.